The number of nitrogens with one attached hydrogen (secondary N) is 1. The third-order valence-electron chi connectivity index (χ3n) is 3.77. The molecule has 0 aliphatic heterocycles. The maximum Gasteiger partial charge on any atom is 0.243 e. The molecule has 0 aliphatic carbocycles. The normalized spacial score (nSPS) is 14.4. The Morgan fingerprint density at radius 2 is 2.00 bits per heavy atom. The van der Waals surface area contributed by atoms with E-state index in [2.05, 4.69) is 5.32 Å². The van der Waals surface area contributed by atoms with E-state index in [0.29, 0.717) is 0 Å². The molecule has 6 heteroatoms. The van der Waals surface area contributed by atoms with Crippen molar-refractivity contribution in [3.05, 3.63) is 29.8 Å². The molecule has 2 N–H and O–H groups in total. The minimum absolute atomic E-state index is 0.0845. The summed E-state index contributed by atoms with van der Waals surface area (Å²) in [6.07, 6.45) is 0. The molecule has 0 aliphatic rings. The molecular weight excluding hydrogens is 288 g/mol. The van der Waals surface area contributed by atoms with E-state index in [9.17, 15) is 13.5 Å². The molecule has 1 atom stereocenters. The fourth-order valence-electron chi connectivity index (χ4n) is 1.95. The number of nitrogens with zero attached hydrogens (tertiary/aromatic N) is 1. The van der Waals surface area contributed by atoms with E-state index in [1.165, 1.54) is 11.4 Å². The van der Waals surface area contributed by atoms with Crippen molar-refractivity contribution in [2.75, 3.05) is 20.2 Å². The molecule has 1 unspecified atom stereocenters. The van der Waals surface area contributed by atoms with E-state index >= 15 is 0 Å². The first-order chi connectivity index (χ1) is 9.66. The van der Waals surface area contributed by atoms with Crippen molar-refractivity contribution in [3.8, 4) is 0 Å². The third kappa shape index (κ3) is 4.03. The van der Waals surface area contributed by atoms with E-state index < -0.39 is 15.6 Å². The summed E-state index contributed by atoms with van der Waals surface area (Å²) in [5.41, 5.74) is 0.0791. The highest BCUT2D eigenvalue weighted by Crippen LogP contribution is 2.24. The van der Waals surface area contributed by atoms with Gasteiger partial charge < -0.3 is 10.4 Å². The van der Waals surface area contributed by atoms with Gasteiger partial charge in [-0.3, -0.25) is 0 Å². The van der Waals surface area contributed by atoms with E-state index in [-0.39, 0.29) is 17.5 Å². The molecule has 5 nitrogen and oxygen atoms in total. The highest BCUT2D eigenvalue weighted by molar-refractivity contribution is 7.89. The molecule has 0 heterocycles. The van der Waals surface area contributed by atoms with Crippen molar-refractivity contribution >= 4 is 10.0 Å². The number of hydrogen-bond acceptors (Lipinski definition) is 4. The second-order valence-corrected chi connectivity index (χ2v) is 7.76. The van der Waals surface area contributed by atoms with Crippen LogP contribution in [0.5, 0.6) is 0 Å². The number of aliphatic hydroxyl groups excluding tert-OH is 1. The first-order valence-corrected chi connectivity index (χ1v) is 8.54. The van der Waals surface area contributed by atoms with Crippen LogP contribution >= 0.6 is 0 Å². The van der Waals surface area contributed by atoms with Crippen LogP contribution in [0.4, 0.5) is 0 Å². The summed E-state index contributed by atoms with van der Waals surface area (Å²) >= 11 is 0. The summed E-state index contributed by atoms with van der Waals surface area (Å²) in [7, 11) is -2.14. The number of aliphatic hydroxyl groups is 1. The van der Waals surface area contributed by atoms with Gasteiger partial charge in [0, 0.05) is 13.1 Å². The van der Waals surface area contributed by atoms with Crippen LogP contribution in [0.15, 0.2) is 29.2 Å². The third-order valence-corrected chi connectivity index (χ3v) is 5.83. The zero-order valence-electron chi connectivity index (χ0n) is 13.4. The first kappa shape index (κ1) is 18.1. The molecule has 21 heavy (non-hydrogen) atoms. The minimum Gasteiger partial charge on any atom is -0.394 e. The maximum atomic E-state index is 12.7. The van der Waals surface area contributed by atoms with Gasteiger partial charge in [0.05, 0.1) is 17.0 Å². The minimum atomic E-state index is -3.63. The molecule has 120 valence electrons. The van der Waals surface area contributed by atoms with E-state index in [1.54, 1.807) is 32.0 Å². The Labute approximate surface area is 128 Å². The molecule has 0 saturated carbocycles. The molecular formula is C15H26N2O3S. The molecule has 0 saturated heterocycles. The lowest BCUT2D eigenvalue weighted by Crippen LogP contribution is -2.47. The quantitative estimate of drug-likeness (QED) is 0.804. The summed E-state index contributed by atoms with van der Waals surface area (Å²) in [6.45, 7) is 7.96. The summed E-state index contributed by atoms with van der Waals surface area (Å²) in [6, 6.07) is 7.01. The molecule has 0 bridgehead atoms. The van der Waals surface area contributed by atoms with Crippen molar-refractivity contribution in [2.24, 2.45) is 0 Å². The summed E-state index contributed by atoms with van der Waals surface area (Å²) in [5, 5.41) is 12.6. The first-order valence-electron chi connectivity index (χ1n) is 7.10. The van der Waals surface area contributed by atoms with Gasteiger partial charge in [0.2, 0.25) is 10.0 Å². The van der Waals surface area contributed by atoms with E-state index in [1.807, 2.05) is 19.9 Å². The number of benzene rings is 1. The van der Waals surface area contributed by atoms with Gasteiger partial charge in [0.1, 0.15) is 0 Å². The lowest BCUT2D eigenvalue weighted by Gasteiger charge is -2.33. The molecule has 0 aromatic heterocycles. The van der Waals surface area contributed by atoms with Crippen molar-refractivity contribution in [3.63, 3.8) is 0 Å². The van der Waals surface area contributed by atoms with Gasteiger partial charge in [-0.05, 0) is 45.0 Å². The Hall–Kier alpha value is -0.950. The fraction of sp³-hybridized carbons (Fsp3) is 0.600. The van der Waals surface area contributed by atoms with Gasteiger partial charge in [-0.15, -0.1) is 0 Å². The standard InChI is InChI=1S/C15H26N2O3S/c1-6-16-12(2)13-8-7-9-14(10-13)21(19,20)17(5)15(3,4)11-18/h7-10,12,16,18H,6,11H2,1-5H3. The second-order valence-electron chi connectivity index (χ2n) is 5.79. The zero-order valence-corrected chi connectivity index (χ0v) is 14.2. The Morgan fingerprint density at radius 3 is 2.52 bits per heavy atom. The smallest absolute Gasteiger partial charge is 0.243 e. The fourth-order valence-corrected chi connectivity index (χ4v) is 3.51. The van der Waals surface area contributed by atoms with E-state index in [4.69, 9.17) is 0 Å². The van der Waals surface area contributed by atoms with Crippen LogP contribution in [0.1, 0.15) is 39.3 Å². The monoisotopic (exact) mass is 314 g/mol. The molecule has 1 aromatic rings. The second kappa shape index (κ2) is 6.87. The van der Waals surface area contributed by atoms with Crippen LogP contribution < -0.4 is 5.32 Å². The highest BCUT2D eigenvalue weighted by Gasteiger charge is 2.33. The number of sulfonamides is 1. The molecule has 0 radical (unpaired) electrons. The Bertz CT molecular complexity index is 570. The predicted molar refractivity (Wildman–Crippen MR) is 84.6 cm³/mol. The Kier molecular flexibility index (Phi) is 5.92. The summed E-state index contributed by atoms with van der Waals surface area (Å²) in [5.74, 6) is 0. The number of likely N-dealkylation sites (N-methyl/N-ethyl adjacent to an activating group) is 1. The van der Waals surface area contributed by atoms with Crippen molar-refractivity contribution in [2.45, 2.75) is 44.2 Å². The summed E-state index contributed by atoms with van der Waals surface area (Å²) < 4.78 is 26.5. The number of hydrogen-bond donors (Lipinski definition) is 2. The topological polar surface area (TPSA) is 69.6 Å². The molecule has 1 aromatic carbocycles. The number of rotatable bonds is 7. The van der Waals surface area contributed by atoms with Crippen molar-refractivity contribution in [1.29, 1.82) is 0 Å². The Morgan fingerprint density at radius 1 is 1.38 bits per heavy atom. The van der Waals surface area contributed by atoms with Crippen molar-refractivity contribution in [1.82, 2.24) is 9.62 Å². The molecule has 0 amide bonds. The van der Waals surface area contributed by atoms with Crippen LogP contribution in [-0.4, -0.2) is 43.6 Å². The predicted octanol–water partition coefficient (Wildman–Crippen LogP) is 1.75. The lowest BCUT2D eigenvalue weighted by molar-refractivity contribution is 0.138. The van der Waals surface area contributed by atoms with Gasteiger partial charge in [0.25, 0.3) is 0 Å². The van der Waals surface area contributed by atoms with Crippen LogP contribution in [0.2, 0.25) is 0 Å². The summed E-state index contributed by atoms with van der Waals surface area (Å²) in [4.78, 5) is 0.244. The average molecular weight is 314 g/mol. The Balaban J connectivity index is 3.18. The van der Waals surface area contributed by atoms with Gasteiger partial charge in [-0.1, -0.05) is 19.1 Å². The highest BCUT2D eigenvalue weighted by atomic mass is 32.2. The molecule has 0 fully saturated rings. The van der Waals surface area contributed by atoms with Gasteiger partial charge >= 0.3 is 0 Å². The van der Waals surface area contributed by atoms with Crippen molar-refractivity contribution < 1.29 is 13.5 Å². The van der Waals surface area contributed by atoms with Gasteiger partial charge in [-0.2, -0.15) is 4.31 Å². The average Bonchev–Trinajstić information content (AvgIpc) is 2.46. The maximum absolute atomic E-state index is 12.7. The molecule has 1 rings (SSSR count). The van der Waals surface area contributed by atoms with Crippen LogP contribution in [0, 0.1) is 0 Å². The lowest BCUT2D eigenvalue weighted by atomic mass is 10.1. The van der Waals surface area contributed by atoms with Gasteiger partial charge in [-0.25, -0.2) is 8.42 Å². The van der Waals surface area contributed by atoms with Crippen LogP contribution in [0.3, 0.4) is 0 Å². The van der Waals surface area contributed by atoms with E-state index in [0.717, 1.165) is 12.1 Å². The van der Waals surface area contributed by atoms with Crippen LogP contribution in [0.25, 0.3) is 0 Å². The molecule has 0 spiro atoms. The zero-order chi connectivity index (χ0) is 16.3. The van der Waals surface area contributed by atoms with Gasteiger partial charge in [0.15, 0.2) is 0 Å². The largest absolute Gasteiger partial charge is 0.394 e. The van der Waals surface area contributed by atoms with Crippen LogP contribution in [-0.2, 0) is 10.0 Å². The SMILES string of the molecule is CCNC(C)c1cccc(S(=O)(=O)N(C)C(C)(C)CO)c1.